The van der Waals surface area contributed by atoms with E-state index in [2.05, 4.69) is 57.0 Å². The first-order valence-electron chi connectivity index (χ1n) is 7.13. The number of likely N-dealkylation sites (N-methyl/N-ethyl adjacent to an activating group) is 1. The quantitative estimate of drug-likeness (QED) is 0.801. The van der Waals surface area contributed by atoms with Gasteiger partial charge < -0.3 is 10.6 Å². The van der Waals surface area contributed by atoms with E-state index in [0.717, 1.165) is 13.0 Å². The van der Waals surface area contributed by atoms with Crippen molar-refractivity contribution in [3.8, 4) is 0 Å². The predicted octanol–water partition coefficient (Wildman–Crippen LogP) is 3.37. The van der Waals surface area contributed by atoms with E-state index in [1.165, 1.54) is 24.0 Å². The first kappa shape index (κ1) is 15.2. The van der Waals surface area contributed by atoms with Gasteiger partial charge in [-0.05, 0) is 37.9 Å². The zero-order chi connectivity index (χ0) is 13.5. The van der Waals surface area contributed by atoms with Crippen molar-refractivity contribution in [1.82, 2.24) is 4.90 Å². The third kappa shape index (κ3) is 4.43. The summed E-state index contributed by atoms with van der Waals surface area (Å²) < 4.78 is 0. The molecule has 18 heavy (non-hydrogen) atoms. The minimum atomic E-state index is 0.111. The van der Waals surface area contributed by atoms with Gasteiger partial charge in [0.05, 0.1) is 0 Å². The Kier molecular flexibility index (Phi) is 6.37. The second-order valence-electron chi connectivity index (χ2n) is 5.28. The molecule has 0 aromatic heterocycles. The van der Waals surface area contributed by atoms with Gasteiger partial charge in [0, 0.05) is 18.6 Å². The van der Waals surface area contributed by atoms with E-state index in [4.69, 9.17) is 5.73 Å². The Hall–Kier alpha value is -0.860. The second-order valence-corrected chi connectivity index (χ2v) is 5.28. The summed E-state index contributed by atoms with van der Waals surface area (Å²) in [6.45, 7) is 7.60. The van der Waals surface area contributed by atoms with Gasteiger partial charge in [-0.25, -0.2) is 0 Å². The Morgan fingerprint density at radius 1 is 1.17 bits per heavy atom. The van der Waals surface area contributed by atoms with Gasteiger partial charge in [0.15, 0.2) is 0 Å². The van der Waals surface area contributed by atoms with E-state index in [-0.39, 0.29) is 6.04 Å². The van der Waals surface area contributed by atoms with Gasteiger partial charge in [-0.1, -0.05) is 44.5 Å². The molecule has 102 valence electrons. The fraction of sp³-hybridized carbons (Fsp3) is 0.625. The van der Waals surface area contributed by atoms with Crippen LogP contribution in [0.15, 0.2) is 24.3 Å². The van der Waals surface area contributed by atoms with Crippen LogP contribution in [0, 0.1) is 0 Å². The van der Waals surface area contributed by atoms with Crippen LogP contribution in [0.2, 0.25) is 0 Å². The highest BCUT2D eigenvalue weighted by Gasteiger charge is 2.13. The lowest BCUT2D eigenvalue weighted by atomic mass is 10.0. The Bertz CT molecular complexity index is 331. The molecule has 0 fully saturated rings. The van der Waals surface area contributed by atoms with Gasteiger partial charge in [0.25, 0.3) is 0 Å². The largest absolute Gasteiger partial charge is 0.323 e. The third-order valence-corrected chi connectivity index (χ3v) is 3.76. The number of nitrogens with zero attached hydrogens (tertiary/aromatic N) is 1. The molecule has 2 nitrogen and oxygen atoms in total. The molecule has 1 aromatic carbocycles. The first-order chi connectivity index (χ1) is 8.58. The summed E-state index contributed by atoms with van der Waals surface area (Å²) in [7, 11) is 2.17. The van der Waals surface area contributed by atoms with E-state index in [1.54, 1.807) is 0 Å². The van der Waals surface area contributed by atoms with Crippen molar-refractivity contribution in [1.29, 1.82) is 0 Å². The van der Waals surface area contributed by atoms with Gasteiger partial charge >= 0.3 is 0 Å². The lowest BCUT2D eigenvalue weighted by Crippen LogP contribution is -2.35. The fourth-order valence-electron chi connectivity index (χ4n) is 2.23. The molecule has 0 spiro atoms. The van der Waals surface area contributed by atoms with Crippen molar-refractivity contribution in [2.75, 3.05) is 13.6 Å². The topological polar surface area (TPSA) is 29.3 Å². The minimum Gasteiger partial charge on any atom is -0.323 e. The van der Waals surface area contributed by atoms with E-state index in [1.807, 2.05) is 0 Å². The highest BCUT2D eigenvalue weighted by atomic mass is 15.1. The Morgan fingerprint density at radius 2 is 1.78 bits per heavy atom. The van der Waals surface area contributed by atoms with Crippen LogP contribution in [0.25, 0.3) is 0 Å². The summed E-state index contributed by atoms with van der Waals surface area (Å²) in [5.74, 6) is 0. The molecular formula is C16H28N2. The number of aryl methyl sites for hydroxylation is 1. The first-order valence-corrected chi connectivity index (χ1v) is 7.13. The highest BCUT2D eigenvalue weighted by Crippen LogP contribution is 2.15. The Morgan fingerprint density at radius 3 is 2.28 bits per heavy atom. The van der Waals surface area contributed by atoms with Crippen molar-refractivity contribution in [3.63, 3.8) is 0 Å². The molecule has 0 heterocycles. The number of benzene rings is 1. The maximum absolute atomic E-state index is 6.28. The van der Waals surface area contributed by atoms with E-state index in [9.17, 15) is 0 Å². The summed E-state index contributed by atoms with van der Waals surface area (Å²) in [5.41, 5.74) is 8.89. The summed E-state index contributed by atoms with van der Waals surface area (Å²) in [4.78, 5) is 2.36. The molecule has 1 aromatic rings. The standard InChI is InChI=1S/C16H28N2/c1-5-7-13(3)18(4)12-16(17)15-10-8-14(6-2)9-11-15/h8-11,13,16H,5-7,12,17H2,1-4H3. The van der Waals surface area contributed by atoms with Crippen molar-refractivity contribution in [2.45, 2.75) is 52.1 Å². The third-order valence-electron chi connectivity index (χ3n) is 3.76. The average molecular weight is 248 g/mol. The molecule has 2 heteroatoms. The van der Waals surface area contributed by atoms with Crippen molar-refractivity contribution in [2.24, 2.45) is 5.73 Å². The molecule has 2 unspecified atom stereocenters. The summed E-state index contributed by atoms with van der Waals surface area (Å²) in [6, 6.07) is 9.43. The monoisotopic (exact) mass is 248 g/mol. The smallest absolute Gasteiger partial charge is 0.0424 e. The fourth-order valence-corrected chi connectivity index (χ4v) is 2.23. The molecule has 0 amide bonds. The van der Waals surface area contributed by atoms with Crippen LogP contribution in [0.4, 0.5) is 0 Å². The van der Waals surface area contributed by atoms with Crippen molar-refractivity contribution in [3.05, 3.63) is 35.4 Å². The van der Waals surface area contributed by atoms with E-state index < -0.39 is 0 Å². The number of rotatable bonds is 7. The van der Waals surface area contributed by atoms with Crippen molar-refractivity contribution >= 4 is 0 Å². The molecular weight excluding hydrogens is 220 g/mol. The summed E-state index contributed by atoms with van der Waals surface area (Å²) in [5, 5.41) is 0. The van der Waals surface area contributed by atoms with Crippen LogP contribution in [-0.2, 0) is 6.42 Å². The molecule has 1 rings (SSSR count). The zero-order valence-corrected chi connectivity index (χ0v) is 12.3. The Balaban J connectivity index is 2.55. The highest BCUT2D eigenvalue weighted by molar-refractivity contribution is 5.25. The maximum atomic E-state index is 6.28. The second kappa shape index (κ2) is 7.55. The number of hydrogen-bond donors (Lipinski definition) is 1. The normalized spacial score (nSPS) is 14.8. The molecule has 0 aliphatic heterocycles. The van der Waals surface area contributed by atoms with Gasteiger partial charge in [-0.15, -0.1) is 0 Å². The molecule has 0 radical (unpaired) electrons. The number of nitrogens with two attached hydrogens (primary N) is 1. The lowest BCUT2D eigenvalue weighted by molar-refractivity contribution is 0.231. The average Bonchev–Trinajstić information content (AvgIpc) is 2.39. The molecule has 0 aliphatic carbocycles. The van der Waals surface area contributed by atoms with Crippen LogP contribution in [0.3, 0.4) is 0 Å². The molecule has 0 aliphatic rings. The predicted molar refractivity (Wildman–Crippen MR) is 79.7 cm³/mol. The van der Waals surface area contributed by atoms with Crippen molar-refractivity contribution < 1.29 is 0 Å². The minimum absolute atomic E-state index is 0.111. The van der Waals surface area contributed by atoms with Gasteiger partial charge in [0.2, 0.25) is 0 Å². The SMILES string of the molecule is CCCC(C)N(C)CC(N)c1ccc(CC)cc1. The van der Waals surface area contributed by atoms with Crippen LogP contribution >= 0.6 is 0 Å². The van der Waals surface area contributed by atoms with Gasteiger partial charge in [-0.2, -0.15) is 0 Å². The molecule has 2 N–H and O–H groups in total. The van der Waals surface area contributed by atoms with Crippen LogP contribution in [0.5, 0.6) is 0 Å². The lowest BCUT2D eigenvalue weighted by Gasteiger charge is -2.27. The Labute approximate surface area is 112 Å². The molecule has 0 saturated carbocycles. The molecule has 0 saturated heterocycles. The molecule has 2 atom stereocenters. The van der Waals surface area contributed by atoms with Crippen LogP contribution in [-0.4, -0.2) is 24.5 Å². The van der Waals surface area contributed by atoms with E-state index >= 15 is 0 Å². The summed E-state index contributed by atoms with van der Waals surface area (Å²) in [6.07, 6.45) is 3.55. The number of hydrogen-bond acceptors (Lipinski definition) is 2. The molecule has 0 bridgehead atoms. The van der Waals surface area contributed by atoms with Gasteiger partial charge in [0.1, 0.15) is 0 Å². The van der Waals surface area contributed by atoms with Gasteiger partial charge in [-0.3, -0.25) is 0 Å². The summed E-state index contributed by atoms with van der Waals surface area (Å²) >= 11 is 0. The van der Waals surface area contributed by atoms with Crippen LogP contribution < -0.4 is 5.73 Å². The maximum Gasteiger partial charge on any atom is 0.0424 e. The van der Waals surface area contributed by atoms with E-state index in [0.29, 0.717) is 6.04 Å². The van der Waals surface area contributed by atoms with Crippen LogP contribution in [0.1, 0.15) is 50.8 Å². The zero-order valence-electron chi connectivity index (χ0n) is 12.3.